The summed E-state index contributed by atoms with van der Waals surface area (Å²) in [5, 5.41) is 0. The van der Waals surface area contributed by atoms with Gasteiger partial charge < -0.3 is 19.9 Å². The largest absolute Gasteiger partial charge is 0.455 e. The van der Waals surface area contributed by atoms with Gasteiger partial charge in [0.15, 0.2) is 0 Å². The van der Waals surface area contributed by atoms with Crippen LogP contribution in [0.2, 0.25) is 0 Å². The van der Waals surface area contributed by atoms with Crippen molar-refractivity contribution in [3.05, 3.63) is 48.0 Å². The summed E-state index contributed by atoms with van der Waals surface area (Å²) < 4.78 is 17.3. The van der Waals surface area contributed by atoms with Gasteiger partial charge in [-0.25, -0.2) is 4.79 Å². The summed E-state index contributed by atoms with van der Waals surface area (Å²) in [6.45, 7) is 4.80. The molecule has 2 aliphatic heterocycles. The molecular formula is C24H34N2O6. The molecule has 0 spiro atoms. The molecule has 1 fully saturated rings. The van der Waals surface area contributed by atoms with Crippen LogP contribution in [0.1, 0.15) is 51.5 Å². The van der Waals surface area contributed by atoms with Crippen molar-refractivity contribution in [3.63, 3.8) is 0 Å². The number of ether oxygens (including phenoxy) is 3. The lowest BCUT2D eigenvalue weighted by Gasteiger charge is -2.34. The van der Waals surface area contributed by atoms with E-state index in [0.717, 1.165) is 24.8 Å². The van der Waals surface area contributed by atoms with Crippen molar-refractivity contribution >= 4 is 11.8 Å². The number of Topliss-reactive ketones (excluding diaryl/α,β-unsaturated/α-hetero) is 1. The molecule has 0 aromatic heterocycles. The molecule has 8 nitrogen and oxygen atoms in total. The Kier molecular flexibility index (Phi) is 8.95. The van der Waals surface area contributed by atoms with E-state index in [1.165, 1.54) is 0 Å². The van der Waals surface area contributed by atoms with E-state index in [1.807, 2.05) is 43.3 Å². The molecule has 2 heterocycles. The molecule has 176 valence electrons. The van der Waals surface area contributed by atoms with E-state index in [-0.39, 0.29) is 13.0 Å². The zero-order valence-corrected chi connectivity index (χ0v) is 18.8. The van der Waals surface area contributed by atoms with E-state index >= 15 is 0 Å². The molecule has 3 rings (SSSR count). The fraction of sp³-hybridized carbons (Fsp3) is 0.583. The topological polar surface area (TPSA) is 109 Å². The Morgan fingerprint density at radius 3 is 2.75 bits per heavy atom. The van der Waals surface area contributed by atoms with Crippen molar-refractivity contribution in [3.8, 4) is 0 Å². The van der Waals surface area contributed by atoms with Gasteiger partial charge in [0.1, 0.15) is 18.4 Å². The van der Waals surface area contributed by atoms with Crippen LogP contribution in [-0.2, 0) is 35.2 Å². The number of hydrogen-bond acceptors (Lipinski definition) is 8. The van der Waals surface area contributed by atoms with Crippen LogP contribution >= 0.6 is 0 Å². The van der Waals surface area contributed by atoms with E-state index < -0.39 is 41.9 Å². The Bertz CT molecular complexity index is 786. The van der Waals surface area contributed by atoms with Crippen LogP contribution < -0.4 is 11.2 Å². The molecular weight excluding hydrogens is 412 g/mol. The van der Waals surface area contributed by atoms with Gasteiger partial charge in [-0.3, -0.25) is 9.63 Å². The molecule has 1 aromatic carbocycles. The Balaban J connectivity index is 1.63. The first-order valence-corrected chi connectivity index (χ1v) is 11.4. The third-order valence-electron chi connectivity index (χ3n) is 5.70. The van der Waals surface area contributed by atoms with Crippen LogP contribution in [0.5, 0.6) is 0 Å². The standard InChI is InChI=1S/C24H34N2O6/c1-3-5-14-26-32-23(30-20(25)9-4-2)24-13-12-19(31-24)18(15-24)21(27)22(28)29-16-17-10-7-6-8-11-17/h6-8,10-13,18-20,23,26H,3-5,9,14-16,25H2,1-2H3. The summed E-state index contributed by atoms with van der Waals surface area (Å²) in [6.07, 6.45) is 5.46. The van der Waals surface area contributed by atoms with Gasteiger partial charge in [-0.1, -0.05) is 63.1 Å². The summed E-state index contributed by atoms with van der Waals surface area (Å²) in [6, 6.07) is 9.24. The van der Waals surface area contributed by atoms with Gasteiger partial charge in [0.2, 0.25) is 12.1 Å². The number of nitrogens with one attached hydrogen (secondary N) is 1. The number of benzene rings is 1. The predicted molar refractivity (Wildman–Crippen MR) is 118 cm³/mol. The van der Waals surface area contributed by atoms with Crippen molar-refractivity contribution in [1.82, 2.24) is 5.48 Å². The SMILES string of the molecule is CCCCNOC(OC(N)CCC)C12C=CC(O1)C(C(=O)C(=O)OCc1ccccc1)C2. The van der Waals surface area contributed by atoms with Gasteiger partial charge in [0.05, 0.1) is 12.0 Å². The summed E-state index contributed by atoms with van der Waals surface area (Å²) in [5.41, 5.74) is 8.85. The molecule has 3 N–H and O–H groups in total. The number of ketones is 1. The quantitative estimate of drug-likeness (QED) is 0.112. The van der Waals surface area contributed by atoms with Crippen LogP contribution in [-0.4, -0.2) is 42.5 Å². The fourth-order valence-corrected chi connectivity index (χ4v) is 3.94. The summed E-state index contributed by atoms with van der Waals surface area (Å²) in [5.74, 6) is -2.12. The van der Waals surface area contributed by atoms with Crippen LogP contribution in [0.3, 0.4) is 0 Å². The molecule has 1 aromatic rings. The lowest BCUT2D eigenvalue weighted by molar-refractivity contribution is -0.266. The van der Waals surface area contributed by atoms with E-state index in [4.69, 9.17) is 24.8 Å². The number of hydroxylamine groups is 1. The zero-order valence-electron chi connectivity index (χ0n) is 18.8. The number of hydrogen-bond donors (Lipinski definition) is 2. The van der Waals surface area contributed by atoms with Gasteiger partial charge in [-0.2, -0.15) is 5.48 Å². The van der Waals surface area contributed by atoms with Crippen LogP contribution in [0.15, 0.2) is 42.5 Å². The Morgan fingerprint density at radius 2 is 2.03 bits per heavy atom. The van der Waals surface area contributed by atoms with Crippen molar-refractivity contribution in [2.24, 2.45) is 11.7 Å². The number of esters is 1. The predicted octanol–water partition coefficient (Wildman–Crippen LogP) is 2.76. The van der Waals surface area contributed by atoms with Crippen LogP contribution in [0, 0.1) is 5.92 Å². The number of rotatable bonds is 14. The zero-order chi connectivity index (χ0) is 23.0. The highest BCUT2D eigenvalue weighted by molar-refractivity contribution is 6.34. The minimum Gasteiger partial charge on any atom is -0.455 e. The second-order valence-corrected chi connectivity index (χ2v) is 8.29. The van der Waals surface area contributed by atoms with E-state index in [1.54, 1.807) is 6.08 Å². The molecule has 5 atom stereocenters. The number of carbonyl (C=O) groups is 2. The molecule has 2 aliphatic rings. The van der Waals surface area contributed by atoms with Gasteiger partial charge in [-0.15, -0.1) is 0 Å². The van der Waals surface area contributed by atoms with Gasteiger partial charge in [-0.05, 0) is 30.9 Å². The lowest BCUT2D eigenvalue weighted by atomic mass is 9.83. The van der Waals surface area contributed by atoms with Gasteiger partial charge in [0.25, 0.3) is 0 Å². The third kappa shape index (κ3) is 6.02. The average Bonchev–Trinajstić information content (AvgIpc) is 3.40. The van der Waals surface area contributed by atoms with Gasteiger partial charge >= 0.3 is 5.97 Å². The van der Waals surface area contributed by atoms with Crippen molar-refractivity contribution in [2.45, 2.75) is 76.8 Å². The molecule has 2 bridgehead atoms. The van der Waals surface area contributed by atoms with Crippen molar-refractivity contribution < 1.29 is 28.6 Å². The average molecular weight is 447 g/mol. The normalized spacial score (nSPS) is 25.6. The minimum atomic E-state index is -0.991. The first-order chi connectivity index (χ1) is 15.5. The monoisotopic (exact) mass is 446 g/mol. The van der Waals surface area contributed by atoms with E-state index in [2.05, 4.69) is 12.4 Å². The highest BCUT2D eigenvalue weighted by atomic mass is 16.8. The molecule has 0 amide bonds. The van der Waals surface area contributed by atoms with E-state index in [9.17, 15) is 9.59 Å². The molecule has 5 unspecified atom stereocenters. The Labute approximate surface area is 189 Å². The minimum absolute atomic E-state index is 0.0483. The molecule has 0 aliphatic carbocycles. The second kappa shape index (κ2) is 11.7. The second-order valence-electron chi connectivity index (χ2n) is 8.29. The highest BCUT2D eigenvalue weighted by Crippen LogP contribution is 2.46. The third-order valence-corrected chi connectivity index (χ3v) is 5.70. The Hall–Kier alpha value is -2.10. The maximum absolute atomic E-state index is 12.8. The number of fused-ring (bicyclic) bond motifs is 2. The highest BCUT2D eigenvalue weighted by Gasteiger charge is 2.57. The van der Waals surface area contributed by atoms with Crippen molar-refractivity contribution in [2.75, 3.05) is 6.54 Å². The number of unbranched alkanes of at least 4 members (excludes halogenated alkanes) is 1. The first-order valence-electron chi connectivity index (χ1n) is 11.4. The Morgan fingerprint density at radius 1 is 1.25 bits per heavy atom. The molecule has 1 saturated heterocycles. The molecule has 0 radical (unpaired) electrons. The van der Waals surface area contributed by atoms with E-state index in [0.29, 0.717) is 13.0 Å². The lowest BCUT2D eigenvalue weighted by Crippen LogP contribution is -2.49. The molecule has 32 heavy (non-hydrogen) atoms. The smallest absolute Gasteiger partial charge is 0.375 e. The number of nitrogens with two attached hydrogens (primary N) is 1. The van der Waals surface area contributed by atoms with Gasteiger partial charge in [0, 0.05) is 6.54 Å². The van der Waals surface area contributed by atoms with Crippen LogP contribution in [0.25, 0.3) is 0 Å². The molecule has 8 heteroatoms. The maximum Gasteiger partial charge on any atom is 0.375 e. The van der Waals surface area contributed by atoms with Crippen LogP contribution in [0.4, 0.5) is 0 Å². The molecule has 0 saturated carbocycles. The maximum atomic E-state index is 12.8. The summed E-state index contributed by atoms with van der Waals surface area (Å²) >= 11 is 0. The summed E-state index contributed by atoms with van der Waals surface area (Å²) in [4.78, 5) is 31.1. The van der Waals surface area contributed by atoms with Crippen molar-refractivity contribution in [1.29, 1.82) is 0 Å². The number of carbonyl (C=O) groups excluding carboxylic acids is 2. The summed E-state index contributed by atoms with van der Waals surface area (Å²) in [7, 11) is 0. The first kappa shape index (κ1) is 24.5. The fourth-order valence-electron chi connectivity index (χ4n) is 3.94.